The number of aryl methyl sites for hydroxylation is 1. The molecule has 0 saturated heterocycles. The van der Waals surface area contributed by atoms with Crippen LogP contribution in [0.1, 0.15) is 50.4 Å². The van der Waals surface area contributed by atoms with E-state index in [1.165, 1.54) is 17.8 Å². The van der Waals surface area contributed by atoms with E-state index in [0.717, 1.165) is 5.56 Å². The van der Waals surface area contributed by atoms with Crippen molar-refractivity contribution in [3.8, 4) is 0 Å². The Morgan fingerprint density at radius 1 is 1.30 bits per heavy atom. The first kappa shape index (κ1) is 15.2. The van der Waals surface area contributed by atoms with Gasteiger partial charge in [-0.3, -0.25) is 9.78 Å². The minimum absolute atomic E-state index is 0.0319. The molecular formula is C18H18N2O3. The Hall–Kier alpha value is -2.69. The van der Waals surface area contributed by atoms with Gasteiger partial charge in [-0.05, 0) is 30.0 Å². The molecule has 1 aromatic carbocycles. The number of nitrogens with zero attached hydrogens (tertiary/aromatic N) is 2. The minimum Gasteiger partial charge on any atom is -0.478 e. The Labute approximate surface area is 134 Å². The summed E-state index contributed by atoms with van der Waals surface area (Å²) in [7, 11) is 0. The van der Waals surface area contributed by atoms with Crippen molar-refractivity contribution < 1.29 is 14.7 Å². The molecule has 1 aliphatic heterocycles. The average Bonchev–Trinajstić information content (AvgIpc) is 2.54. The standard InChI is InChI=1S/C18H18N2O3/c1-11-9-20(10-13-5-3-4-6-15(11)13)17(21)16-7-14(18(22)23)8-19-12(16)2/h3-8,11H,9-10H2,1-2H3,(H,22,23). The Morgan fingerprint density at radius 2 is 2.04 bits per heavy atom. The lowest BCUT2D eigenvalue weighted by atomic mass is 9.91. The van der Waals surface area contributed by atoms with Gasteiger partial charge in [0, 0.05) is 19.3 Å². The van der Waals surface area contributed by atoms with Crippen LogP contribution in [0.3, 0.4) is 0 Å². The zero-order chi connectivity index (χ0) is 16.6. The number of fused-ring (bicyclic) bond motifs is 1. The van der Waals surface area contributed by atoms with Crippen molar-refractivity contribution in [1.82, 2.24) is 9.88 Å². The van der Waals surface area contributed by atoms with Gasteiger partial charge in [-0.15, -0.1) is 0 Å². The lowest BCUT2D eigenvalue weighted by molar-refractivity contribution is 0.0696. The normalized spacial score (nSPS) is 16.8. The number of carbonyl (C=O) groups is 2. The van der Waals surface area contributed by atoms with Crippen LogP contribution in [-0.2, 0) is 6.54 Å². The van der Waals surface area contributed by atoms with Crippen LogP contribution in [0.25, 0.3) is 0 Å². The fourth-order valence-corrected chi connectivity index (χ4v) is 3.05. The van der Waals surface area contributed by atoms with E-state index in [-0.39, 0.29) is 17.4 Å². The second kappa shape index (κ2) is 5.83. The number of hydrogen-bond donors (Lipinski definition) is 1. The molecule has 2 aromatic rings. The third kappa shape index (κ3) is 2.82. The summed E-state index contributed by atoms with van der Waals surface area (Å²) in [6.07, 6.45) is 1.28. The van der Waals surface area contributed by atoms with Crippen LogP contribution in [0, 0.1) is 6.92 Å². The molecule has 1 atom stereocenters. The number of rotatable bonds is 2. The average molecular weight is 310 g/mol. The number of carboxylic acids is 1. The quantitative estimate of drug-likeness (QED) is 0.926. The summed E-state index contributed by atoms with van der Waals surface area (Å²) < 4.78 is 0. The van der Waals surface area contributed by atoms with E-state index in [9.17, 15) is 9.59 Å². The molecule has 5 nitrogen and oxygen atoms in total. The third-order valence-corrected chi connectivity index (χ3v) is 4.29. The maximum Gasteiger partial charge on any atom is 0.337 e. The predicted octanol–water partition coefficient (Wildman–Crippen LogP) is 2.85. The largest absolute Gasteiger partial charge is 0.478 e. The van der Waals surface area contributed by atoms with Gasteiger partial charge in [0.1, 0.15) is 0 Å². The van der Waals surface area contributed by atoms with Crippen molar-refractivity contribution in [2.24, 2.45) is 0 Å². The molecule has 0 aliphatic carbocycles. The molecule has 118 valence electrons. The third-order valence-electron chi connectivity index (χ3n) is 4.29. The Kier molecular flexibility index (Phi) is 3.86. The molecule has 3 rings (SSSR count). The van der Waals surface area contributed by atoms with E-state index in [2.05, 4.69) is 18.0 Å². The summed E-state index contributed by atoms with van der Waals surface area (Å²) in [6, 6.07) is 9.52. The van der Waals surface area contributed by atoms with E-state index in [4.69, 9.17) is 5.11 Å². The highest BCUT2D eigenvalue weighted by Crippen LogP contribution is 2.29. The van der Waals surface area contributed by atoms with Gasteiger partial charge in [0.15, 0.2) is 0 Å². The molecule has 0 fully saturated rings. The molecule has 1 amide bonds. The number of amides is 1. The molecule has 5 heteroatoms. The predicted molar refractivity (Wildman–Crippen MR) is 85.5 cm³/mol. The van der Waals surface area contributed by atoms with Crippen LogP contribution in [-0.4, -0.2) is 33.4 Å². The molecule has 0 radical (unpaired) electrons. The Balaban J connectivity index is 1.93. The van der Waals surface area contributed by atoms with Gasteiger partial charge in [0.05, 0.1) is 16.8 Å². The highest BCUT2D eigenvalue weighted by atomic mass is 16.4. The summed E-state index contributed by atoms with van der Waals surface area (Å²) in [5, 5.41) is 9.10. The molecule has 0 bridgehead atoms. The maximum absolute atomic E-state index is 12.8. The number of hydrogen-bond acceptors (Lipinski definition) is 3. The first-order chi connectivity index (χ1) is 11.0. The van der Waals surface area contributed by atoms with Gasteiger partial charge in [0.2, 0.25) is 0 Å². The molecule has 1 aromatic heterocycles. The number of pyridine rings is 1. The maximum atomic E-state index is 12.8. The SMILES string of the molecule is Cc1ncc(C(=O)O)cc1C(=O)N1Cc2ccccc2C(C)C1. The van der Waals surface area contributed by atoms with Gasteiger partial charge in [-0.1, -0.05) is 31.2 Å². The van der Waals surface area contributed by atoms with Crippen molar-refractivity contribution in [3.63, 3.8) is 0 Å². The number of benzene rings is 1. The van der Waals surface area contributed by atoms with Crippen LogP contribution in [0.15, 0.2) is 36.5 Å². The first-order valence-corrected chi connectivity index (χ1v) is 7.54. The molecule has 0 saturated carbocycles. The molecule has 1 aliphatic rings. The van der Waals surface area contributed by atoms with E-state index in [1.807, 2.05) is 18.2 Å². The monoisotopic (exact) mass is 310 g/mol. The topological polar surface area (TPSA) is 70.5 Å². The highest BCUT2D eigenvalue weighted by Gasteiger charge is 2.27. The number of carbonyl (C=O) groups excluding carboxylic acids is 1. The second-order valence-electron chi connectivity index (χ2n) is 5.95. The van der Waals surface area contributed by atoms with Gasteiger partial charge in [-0.25, -0.2) is 4.79 Å². The van der Waals surface area contributed by atoms with Crippen LogP contribution in [0.2, 0.25) is 0 Å². The molecule has 0 spiro atoms. The van der Waals surface area contributed by atoms with E-state index in [1.54, 1.807) is 11.8 Å². The van der Waals surface area contributed by atoms with Crippen molar-refractivity contribution in [2.75, 3.05) is 6.54 Å². The van der Waals surface area contributed by atoms with Crippen LogP contribution in [0.4, 0.5) is 0 Å². The molecule has 23 heavy (non-hydrogen) atoms. The smallest absolute Gasteiger partial charge is 0.337 e. The van der Waals surface area contributed by atoms with Crippen molar-refractivity contribution >= 4 is 11.9 Å². The summed E-state index contributed by atoms with van der Waals surface area (Å²) in [5.74, 6) is -0.997. The highest BCUT2D eigenvalue weighted by molar-refractivity contribution is 5.98. The van der Waals surface area contributed by atoms with Crippen molar-refractivity contribution in [2.45, 2.75) is 26.3 Å². The molecule has 2 heterocycles. The Morgan fingerprint density at radius 3 is 2.78 bits per heavy atom. The van der Waals surface area contributed by atoms with Gasteiger partial charge in [0.25, 0.3) is 5.91 Å². The van der Waals surface area contributed by atoms with Gasteiger partial charge in [-0.2, -0.15) is 0 Å². The van der Waals surface area contributed by atoms with E-state index >= 15 is 0 Å². The van der Waals surface area contributed by atoms with Gasteiger partial charge >= 0.3 is 5.97 Å². The van der Waals surface area contributed by atoms with E-state index < -0.39 is 5.97 Å². The molecule has 1 N–H and O–H groups in total. The first-order valence-electron chi connectivity index (χ1n) is 7.54. The number of aromatic nitrogens is 1. The number of carboxylic acid groups (broad SMARTS) is 1. The zero-order valence-corrected chi connectivity index (χ0v) is 13.1. The number of aromatic carboxylic acids is 1. The van der Waals surface area contributed by atoms with Crippen molar-refractivity contribution in [3.05, 3.63) is 64.5 Å². The summed E-state index contributed by atoms with van der Waals surface area (Å²) >= 11 is 0. The summed E-state index contributed by atoms with van der Waals surface area (Å²) in [5.41, 5.74) is 3.35. The fraction of sp³-hybridized carbons (Fsp3) is 0.278. The minimum atomic E-state index is -1.08. The van der Waals surface area contributed by atoms with Gasteiger partial charge < -0.3 is 10.0 Å². The molecule has 1 unspecified atom stereocenters. The lowest BCUT2D eigenvalue weighted by Crippen LogP contribution is -2.38. The van der Waals surface area contributed by atoms with Crippen LogP contribution in [0.5, 0.6) is 0 Å². The molecular weight excluding hydrogens is 292 g/mol. The fourth-order valence-electron chi connectivity index (χ4n) is 3.05. The Bertz CT molecular complexity index is 786. The van der Waals surface area contributed by atoms with Crippen molar-refractivity contribution in [1.29, 1.82) is 0 Å². The van der Waals surface area contributed by atoms with Crippen LogP contribution >= 0.6 is 0 Å². The lowest BCUT2D eigenvalue weighted by Gasteiger charge is -2.33. The summed E-state index contributed by atoms with van der Waals surface area (Å²) in [6.45, 7) is 4.97. The van der Waals surface area contributed by atoms with E-state index in [0.29, 0.717) is 24.3 Å². The van der Waals surface area contributed by atoms with Crippen LogP contribution < -0.4 is 0 Å². The zero-order valence-electron chi connectivity index (χ0n) is 13.1. The summed E-state index contributed by atoms with van der Waals surface area (Å²) in [4.78, 5) is 29.8. The second-order valence-corrected chi connectivity index (χ2v) is 5.95.